The first-order valence-electron chi connectivity index (χ1n) is 5.70. The van der Waals surface area contributed by atoms with Crippen molar-refractivity contribution in [3.8, 4) is 0 Å². The zero-order valence-corrected chi connectivity index (χ0v) is 15.5. The summed E-state index contributed by atoms with van der Waals surface area (Å²) >= 11 is 4.59. The Bertz CT molecular complexity index is 313. The molecule has 0 aromatic carbocycles. The van der Waals surface area contributed by atoms with Crippen molar-refractivity contribution >= 4 is 51.2 Å². The number of methoxy groups -OCH3 is 1. The van der Waals surface area contributed by atoms with Gasteiger partial charge in [-0.05, 0) is 22.5 Å². The fourth-order valence-corrected chi connectivity index (χ4v) is 2.55. The van der Waals surface area contributed by atoms with E-state index in [0.29, 0.717) is 11.8 Å². The summed E-state index contributed by atoms with van der Waals surface area (Å²) < 4.78 is 13.3. The first-order valence-corrected chi connectivity index (χ1v) is 8.47. The number of hydrogen-bond acceptors (Lipinski definition) is 3. The van der Waals surface area contributed by atoms with Gasteiger partial charge in [0.05, 0.1) is 19.4 Å². The van der Waals surface area contributed by atoms with Crippen molar-refractivity contribution < 1.29 is 14.3 Å². The maximum Gasteiger partial charge on any atom is 0.333 e. The first kappa shape index (κ1) is 18.2. The van der Waals surface area contributed by atoms with E-state index in [4.69, 9.17) is 4.74 Å². The minimum absolute atomic E-state index is 0.00688. The van der Waals surface area contributed by atoms with Gasteiger partial charge in [0, 0.05) is 10.3 Å². The van der Waals surface area contributed by atoms with Crippen LogP contribution in [0.3, 0.4) is 0 Å². The second-order valence-electron chi connectivity index (χ2n) is 4.23. The summed E-state index contributed by atoms with van der Waals surface area (Å²) in [6.07, 6.45) is 2.72. The average molecular weight is 478 g/mol. The number of carbonyl (C=O) groups excluding carboxylic acids is 1. The SMILES string of the molecule is COC(=O)/C=C/O[C@H](/C(C)=C/I)[C@@H](C)[C@@H](C)CI. The van der Waals surface area contributed by atoms with E-state index >= 15 is 0 Å². The lowest BCUT2D eigenvalue weighted by molar-refractivity contribution is -0.135. The highest BCUT2D eigenvalue weighted by Crippen LogP contribution is 2.25. The molecule has 0 aliphatic carbocycles. The van der Waals surface area contributed by atoms with Gasteiger partial charge in [-0.25, -0.2) is 4.79 Å². The standard InChI is InChI=1S/C13H20I2O3/c1-9(7-14)11(3)13(10(2)8-15)18-6-5-12(16)17-4/h5-6,8-9,11,13H,7H2,1-4H3/b6-5+,10-8+/t9-,11-,13+/m0/s1. The Hall–Kier alpha value is 0.210. The van der Waals surface area contributed by atoms with Gasteiger partial charge in [0.1, 0.15) is 6.10 Å². The van der Waals surface area contributed by atoms with E-state index in [0.717, 1.165) is 10.0 Å². The predicted molar refractivity (Wildman–Crippen MR) is 91.0 cm³/mol. The summed E-state index contributed by atoms with van der Waals surface area (Å²) in [5, 5.41) is 0. The number of carbonyl (C=O) groups is 1. The molecule has 3 nitrogen and oxygen atoms in total. The van der Waals surface area contributed by atoms with Gasteiger partial charge in [-0.15, -0.1) is 0 Å². The van der Waals surface area contributed by atoms with Gasteiger partial charge in [-0.3, -0.25) is 0 Å². The van der Waals surface area contributed by atoms with E-state index in [2.05, 4.69) is 63.8 Å². The molecule has 0 saturated heterocycles. The van der Waals surface area contributed by atoms with Gasteiger partial charge in [0.2, 0.25) is 0 Å². The molecule has 5 heteroatoms. The van der Waals surface area contributed by atoms with Crippen molar-refractivity contribution in [2.45, 2.75) is 26.9 Å². The maximum absolute atomic E-state index is 11.0. The van der Waals surface area contributed by atoms with Crippen LogP contribution in [0.1, 0.15) is 20.8 Å². The molecule has 104 valence electrons. The molecule has 18 heavy (non-hydrogen) atoms. The molecule has 0 radical (unpaired) electrons. The van der Waals surface area contributed by atoms with Crippen LogP contribution in [0.5, 0.6) is 0 Å². The molecule has 0 heterocycles. The normalized spacial score (nSPS) is 17.3. The number of hydrogen-bond donors (Lipinski definition) is 0. The van der Waals surface area contributed by atoms with E-state index in [1.807, 2.05) is 11.0 Å². The van der Waals surface area contributed by atoms with Gasteiger partial charge in [0.25, 0.3) is 0 Å². The molecule has 0 aliphatic rings. The molecular weight excluding hydrogens is 458 g/mol. The van der Waals surface area contributed by atoms with Crippen LogP contribution in [-0.4, -0.2) is 23.6 Å². The van der Waals surface area contributed by atoms with Gasteiger partial charge in [-0.1, -0.05) is 59.0 Å². The Morgan fingerprint density at radius 2 is 2.00 bits per heavy atom. The Morgan fingerprint density at radius 3 is 2.44 bits per heavy atom. The molecule has 3 atom stereocenters. The number of alkyl halides is 1. The molecule has 0 unspecified atom stereocenters. The Labute approximate surface area is 137 Å². The number of esters is 1. The lowest BCUT2D eigenvalue weighted by atomic mass is 9.89. The third kappa shape index (κ3) is 6.40. The van der Waals surface area contributed by atoms with Crippen molar-refractivity contribution in [2.24, 2.45) is 11.8 Å². The summed E-state index contributed by atoms with van der Waals surface area (Å²) in [5.74, 6) is 0.531. The van der Waals surface area contributed by atoms with Crippen molar-refractivity contribution in [3.63, 3.8) is 0 Å². The molecule has 0 N–H and O–H groups in total. The van der Waals surface area contributed by atoms with Gasteiger partial charge >= 0.3 is 5.97 Å². The summed E-state index contributed by atoms with van der Waals surface area (Å²) in [7, 11) is 1.35. The summed E-state index contributed by atoms with van der Waals surface area (Å²) in [4.78, 5) is 11.0. The van der Waals surface area contributed by atoms with Crippen LogP contribution in [0, 0.1) is 11.8 Å². The lowest BCUT2D eigenvalue weighted by Gasteiger charge is -2.28. The van der Waals surface area contributed by atoms with E-state index in [9.17, 15) is 4.79 Å². The molecule has 0 fully saturated rings. The average Bonchev–Trinajstić information content (AvgIpc) is 2.40. The summed E-state index contributed by atoms with van der Waals surface area (Å²) in [6, 6.07) is 0. The molecule has 0 rings (SSSR count). The third-order valence-electron chi connectivity index (χ3n) is 2.87. The van der Waals surface area contributed by atoms with Crippen molar-refractivity contribution in [3.05, 3.63) is 22.0 Å². The van der Waals surface area contributed by atoms with E-state index in [-0.39, 0.29) is 6.10 Å². The predicted octanol–water partition coefficient (Wildman–Crippen LogP) is 4.10. The zero-order chi connectivity index (χ0) is 14.1. The second-order valence-corrected chi connectivity index (χ2v) is 5.73. The monoisotopic (exact) mass is 478 g/mol. The highest BCUT2D eigenvalue weighted by atomic mass is 127. The lowest BCUT2D eigenvalue weighted by Crippen LogP contribution is -2.27. The van der Waals surface area contributed by atoms with E-state index in [1.165, 1.54) is 19.4 Å². The topological polar surface area (TPSA) is 35.5 Å². The Balaban J connectivity index is 4.70. The number of halogens is 2. The van der Waals surface area contributed by atoms with E-state index in [1.54, 1.807) is 0 Å². The molecule has 0 bridgehead atoms. The highest BCUT2D eigenvalue weighted by molar-refractivity contribution is 14.1. The van der Waals surface area contributed by atoms with Crippen molar-refractivity contribution in [1.82, 2.24) is 0 Å². The minimum Gasteiger partial charge on any atom is -0.493 e. The Morgan fingerprint density at radius 1 is 1.39 bits per heavy atom. The summed E-state index contributed by atoms with van der Waals surface area (Å²) in [6.45, 7) is 6.42. The smallest absolute Gasteiger partial charge is 0.333 e. The molecular formula is C13H20I2O3. The molecule has 0 amide bonds. The van der Waals surface area contributed by atoms with Crippen LogP contribution in [0.2, 0.25) is 0 Å². The van der Waals surface area contributed by atoms with Crippen LogP contribution in [-0.2, 0) is 14.3 Å². The maximum atomic E-state index is 11.0. The molecule has 0 aromatic rings. The second kappa shape index (κ2) is 10.1. The number of ether oxygens (including phenoxy) is 2. The van der Waals surface area contributed by atoms with Crippen molar-refractivity contribution in [1.29, 1.82) is 0 Å². The molecule has 0 aromatic heterocycles. The highest BCUT2D eigenvalue weighted by Gasteiger charge is 2.24. The molecule has 0 saturated carbocycles. The van der Waals surface area contributed by atoms with Gasteiger partial charge in [-0.2, -0.15) is 0 Å². The van der Waals surface area contributed by atoms with Crippen LogP contribution in [0.25, 0.3) is 0 Å². The number of rotatable bonds is 7. The van der Waals surface area contributed by atoms with Gasteiger partial charge < -0.3 is 9.47 Å². The van der Waals surface area contributed by atoms with Crippen LogP contribution in [0.15, 0.2) is 22.0 Å². The minimum atomic E-state index is -0.403. The first-order chi connectivity index (χ1) is 8.47. The zero-order valence-electron chi connectivity index (χ0n) is 11.2. The van der Waals surface area contributed by atoms with Crippen LogP contribution >= 0.6 is 45.2 Å². The Kier molecular flexibility index (Phi) is 10.2. The molecule has 0 aliphatic heterocycles. The van der Waals surface area contributed by atoms with Crippen LogP contribution in [0.4, 0.5) is 0 Å². The van der Waals surface area contributed by atoms with Gasteiger partial charge in [0.15, 0.2) is 0 Å². The largest absolute Gasteiger partial charge is 0.493 e. The quantitative estimate of drug-likeness (QED) is 0.182. The third-order valence-corrected chi connectivity index (χ3v) is 5.24. The summed E-state index contributed by atoms with van der Waals surface area (Å²) in [5.41, 5.74) is 1.16. The fourth-order valence-electron chi connectivity index (χ4n) is 1.39. The fraction of sp³-hybridized carbons (Fsp3) is 0.615. The van der Waals surface area contributed by atoms with Crippen LogP contribution < -0.4 is 0 Å². The molecule has 0 spiro atoms. The van der Waals surface area contributed by atoms with Crippen molar-refractivity contribution in [2.75, 3.05) is 11.5 Å². The van der Waals surface area contributed by atoms with E-state index < -0.39 is 5.97 Å².